The highest BCUT2D eigenvalue weighted by Gasteiger charge is 2.27. The zero-order chi connectivity index (χ0) is 21.2. The maximum absolute atomic E-state index is 12.8. The third kappa shape index (κ3) is 6.32. The van der Waals surface area contributed by atoms with E-state index in [0.29, 0.717) is 11.1 Å². The van der Waals surface area contributed by atoms with E-state index in [4.69, 9.17) is 4.74 Å². The van der Waals surface area contributed by atoms with Crippen LogP contribution >= 0.6 is 0 Å². The fourth-order valence-electron chi connectivity index (χ4n) is 2.64. The fourth-order valence-corrected chi connectivity index (χ4v) is 4.45. The molecule has 0 aromatic heterocycles. The highest BCUT2D eigenvalue weighted by molar-refractivity contribution is 7.89. The molecule has 0 saturated carbocycles. The van der Waals surface area contributed by atoms with Gasteiger partial charge in [-0.1, -0.05) is 6.07 Å². The van der Waals surface area contributed by atoms with Gasteiger partial charge in [0.05, 0.1) is 4.90 Å². The molecule has 0 spiro atoms. The number of aryl methyl sites for hydroxylation is 2. The van der Waals surface area contributed by atoms with Crippen LogP contribution in [0.3, 0.4) is 0 Å². The van der Waals surface area contributed by atoms with Crippen LogP contribution in [0.15, 0.2) is 11.0 Å². The molecule has 27 heavy (non-hydrogen) atoms. The number of nitrogens with one attached hydrogen (secondary N) is 2. The zero-order valence-corrected chi connectivity index (χ0v) is 18.1. The minimum Gasteiger partial charge on any atom is -0.454 e. The van der Waals surface area contributed by atoms with Crippen LogP contribution in [0.2, 0.25) is 0 Å². The standard InChI is InChI=1S/C19H30N2O5S/c1-11-9-12(2)14(4)17(13(11)3)27(24,25)21-15(5)18(23)26-10-16(22)20-19(6,7)8/h9,15,21H,10H2,1-8H3,(H,20,22)/t15-/m0/s1. The Bertz CT molecular complexity index is 812. The van der Waals surface area contributed by atoms with Gasteiger partial charge in [-0.15, -0.1) is 0 Å². The Morgan fingerprint density at radius 2 is 1.56 bits per heavy atom. The molecule has 0 heterocycles. The van der Waals surface area contributed by atoms with Gasteiger partial charge in [0.15, 0.2) is 6.61 Å². The van der Waals surface area contributed by atoms with Crippen LogP contribution in [0.1, 0.15) is 49.9 Å². The number of amides is 1. The molecule has 0 radical (unpaired) electrons. The van der Waals surface area contributed by atoms with Crippen molar-refractivity contribution in [3.8, 4) is 0 Å². The predicted octanol–water partition coefficient (Wildman–Crippen LogP) is 2.04. The van der Waals surface area contributed by atoms with E-state index in [1.807, 2.05) is 19.9 Å². The van der Waals surface area contributed by atoms with Gasteiger partial charge in [0.2, 0.25) is 10.0 Å². The van der Waals surface area contributed by atoms with E-state index in [1.54, 1.807) is 34.6 Å². The second-order valence-electron chi connectivity index (χ2n) is 7.84. The number of hydrogen-bond acceptors (Lipinski definition) is 5. The quantitative estimate of drug-likeness (QED) is 0.714. The van der Waals surface area contributed by atoms with Gasteiger partial charge in [0, 0.05) is 5.54 Å². The summed E-state index contributed by atoms with van der Waals surface area (Å²) >= 11 is 0. The summed E-state index contributed by atoms with van der Waals surface area (Å²) < 4.78 is 32.9. The summed E-state index contributed by atoms with van der Waals surface area (Å²) in [5.41, 5.74) is 2.53. The van der Waals surface area contributed by atoms with Crippen molar-refractivity contribution in [2.45, 2.75) is 71.9 Å². The van der Waals surface area contributed by atoms with Gasteiger partial charge in [0.1, 0.15) is 6.04 Å². The molecule has 0 aliphatic heterocycles. The predicted molar refractivity (Wildman–Crippen MR) is 104 cm³/mol. The van der Waals surface area contributed by atoms with Gasteiger partial charge in [-0.05, 0) is 77.6 Å². The number of esters is 1. The van der Waals surface area contributed by atoms with Crippen molar-refractivity contribution >= 4 is 21.9 Å². The van der Waals surface area contributed by atoms with E-state index in [0.717, 1.165) is 11.1 Å². The average molecular weight is 399 g/mol. The summed E-state index contributed by atoms with van der Waals surface area (Å²) in [5, 5.41) is 2.66. The summed E-state index contributed by atoms with van der Waals surface area (Å²) in [6.45, 7) is 13.5. The van der Waals surface area contributed by atoms with Gasteiger partial charge >= 0.3 is 5.97 Å². The molecule has 0 bridgehead atoms. The summed E-state index contributed by atoms with van der Waals surface area (Å²) in [4.78, 5) is 24.0. The third-order valence-electron chi connectivity index (χ3n) is 4.11. The number of sulfonamides is 1. The highest BCUT2D eigenvalue weighted by Crippen LogP contribution is 2.26. The molecule has 7 nitrogen and oxygen atoms in total. The molecule has 1 aromatic carbocycles. The SMILES string of the molecule is Cc1cc(C)c(C)c(S(=O)(=O)N[C@@H](C)C(=O)OCC(=O)NC(C)(C)C)c1C. The Hall–Kier alpha value is -1.93. The molecular formula is C19H30N2O5S. The molecule has 0 aliphatic carbocycles. The lowest BCUT2D eigenvalue weighted by molar-refractivity contribution is -0.150. The van der Waals surface area contributed by atoms with Crippen molar-refractivity contribution in [1.29, 1.82) is 0 Å². The molecular weight excluding hydrogens is 368 g/mol. The maximum atomic E-state index is 12.8. The van der Waals surface area contributed by atoms with E-state index >= 15 is 0 Å². The first-order valence-electron chi connectivity index (χ1n) is 8.73. The Kier molecular flexibility index (Phi) is 7.18. The molecule has 1 amide bonds. The summed E-state index contributed by atoms with van der Waals surface area (Å²) in [6.07, 6.45) is 0. The first-order chi connectivity index (χ1) is 12.2. The largest absolute Gasteiger partial charge is 0.454 e. The number of ether oxygens (including phenoxy) is 1. The lowest BCUT2D eigenvalue weighted by Gasteiger charge is -2.21. The van der Waals surface area contributed by atoms with Crippen LogP contribution in [0.25, 0.3) is 0 Å². The van der Waals surface area contributed by atoms with E-state index in [2.05, 4.69) is 10.0 Å². The van der Waals surface area contributed by atoms with Crippen LogP contribution < -0.4 is 10.0 Å². The zero-order valence-electron chi connectivity index (χ0n) is 17.3. The second-order valence-corrected chi connectivity index (χ2v) is 9.49. The van der Waals surface area contributed by atoms with E-state index in [-0.39, 0.29) is 4.90 Å². The van der Waals surface area contributed by atoms with E-state index in [1.165, 1.54) is 6.92 Å². The smallest absolute Gasteiger partial charge is 0.324 e. The van der Waals surface area contributed by atoms with Crippen LogP contribution in [-0.2, 0) is 24.3 Å². The topological polar surface area (TPSA) is 102 Å². The van der Waals surface area contributed by atoms with Gasteiger partial charge in [0.25, 0.3) is 5.91 Å². The molecule has 1 atom stereocenters. The highest BCUT2D eigenvalue weighted by atomic mass is 32.2. The van der Waals surface area contributed by atoms with Crippen LogP contribution in [0.4, 0.5) is 0 Å². The van der Waals surface area contributed by atoms with Crippen molar-refractivity contribution in [3.63, 3.8) is 0 Å². The number of benzene rings is 1. The Labute approximate surface area is 161 Å². The molecule has 0 aliphatic rings. The second kappa shape index (κ2) is 8.39. The fraction of sp³-hybridized carbons (Fsp3) is 0.579. The minimum absolute atomic E-state index is 0.171. The molecule has 1 rings (SSSR count). The normalized spacial score (nSPS) is 13.2. The minimum atomic E-state index is -3.93. The molecule has 0 fully saturated rings. The van der Waals surface area contributed by atoms with E-state index in [9.17, 15) is 18.0 Å². The molecule has 0 saturated heterocycles. The monoisotopic (exact) mass is 398 g/mol. The number of hydrogen-bond donors (Lipinski definition) is 2. The Balaban J connectivity index is 2.89. The summed E-state index contributed by atoms with van der Waals surface area (Å²) in [5.74, 6) is -1.27. The lowest BCUT2D eigenvalue weighted by atomic mass is 10.0. The third-order valence-corrected chi connectivity index (χ3v) is 5.93. The van der Waals surface area contributed by atoms with Crippen LogP contribution in [-0.4, -0.2) is 38.5 Å². The average Bonchev–Trinajstić information content (AvgIpc) is 2.48. The first-order valence-corrected chi connectivity index (χ1v) is 10.2. The maximum Gasteiger partial charge on any atom is 0.324 e. The van der Waals surface area contributed by atoms with Gasteiger partial charge in [-0.2, -0.15) is 4.72 Å². The van der Waals surface area contributed by atoms with Crippen LogP contribution in [0, 0.1) is 27.7 Å². The van der Waals surface area contributed by atoms with Gasteiger partial charge in [-0.25, -0.2) is 8.42 Å². The van der Waals surface area contributed by atoms with Crippen LogP contribution in [0.5, 0.6) is 0 Å². The van der Waals surface area contributed by atoms with Crippen molar-refractivity contribution in [2.24, 2.45) is 0 Å². The van der Waals surface area contributed by atoms with Crippen molar-refractivity contribution in [1.82, 2.24) is 10.0 Å². The molecule has 2 N–H and O–H groups in total. The molecule has 0 unspecified atom stereocenters. The Morgan fingerprint density at radius 1 is 1.07 bits per heavy atom. The molecule has 152 valence electrons. The van der Waals surface area contributed by atoms with E-state index < -0.39 is 40.1 Å². The lowest BCUT2D eigenvalue weighted by Crippen LogP contribution is -2.44. The molecule has 1 aromatic rings. The number of carbonyl (C=O) groups excluding carboxylic acids is 2. The molecule has 8 heteroatoms. The van der Waals surface area contributed by atoms with Gasteiger partial charge in [-0.3, -0.25) is 9.59 Å². The first kappa shape index (κ1) is 23.1. The van der Waals surface area contributed by atoms with Crippen molar-refractivity contribution in [3.05, 3.63) is 28.3 Å². The number of rotatable bonds is 6. The number of carbonyl (C=O) groups is 2. The summed E-state index contributed by atoms with van der Waals surface area (Å²) in [6, 6.07) is 0.798. The van der Waals surface area contributed by atoms with Gasteiger partial charge < -0.3 is 10.1 Å². The van der Waals surface area contributed by atoms with Crippen molar-refractivity contribution in [2.75, 3.05) is 6.61 Å². The summed E-state index contributed by atoms with van der Waals surface area (Å²) in [7, 11) is -3.93. The van der Waals surface area contributed by atoms with Crippen molar-refractivity contribution < 1.29 is 22.7 Å². The Morgan fingerprint density at radius 3 is 2.00 bits per heavy atom.